The molecule has 1 aromatic rings. The molecule has 0 amide bonds. The Labute approximate surface area is 154 Å². The van der Waals surface area contributed by atoms with Crippen molar-refractivity contribution >= 4 is 6.16 Å². The zero-order chi connectivity index (χ0) is 17.9. The molecule has 2 atom stereocenters. The van der Waals surface area contributed by atoms with E-state index in [1.54, 1.807) is 6.07 Å². The largest absolute Gasteiger partial charge is 0.509 e. The number of hydrogen-bond acceptors (Lipinski definition) is 4. The molecular formula is C21H28FNO3. The molecule has 5 rings (SSSR count). The Balaban J connectivity index is 1.44. The number of halogens is 1. The molecule has 1 saturated carbocycles. The van der Waals surface area contributed by atoms with Crippen molar-refractivity contribution in [3.8, 4) is 0 Å². The van der Waals surface area contributed by atoms with Gasteiger partial charge in [0.05, 0.1) is 0 Å². The fraction of sp³-hybridized carbons (Fsp3) is 0.667. The monoisotopic (exact) mass is 361 g/mol. The number of ether oxygens (including phenoxy) is 2. The summed E-state index contributed by atoms with van der Waals surface area (Å²) in [6, 6.07) is 6.44. The van der Waals surface area contributed by atoms with Crippen molar-refractivity contribution in [3.63, 3.8) is 0 Å². The van der Waals surface area contributed by atoms with Crippen LogP contribution in [0.25, 0.3) is 0 Å². The first-order valence-electron chi connectivity index (χ1n) is 10.0. The lowest BCUT2D eigenvalue weighted by Gasteiger charge is -2.43. The first-order valence-corrected chi connectivity index (χ1v) is 10.0. The van der Waals surface area contributed by atoms with E-state index in [0.29, 0.717) is 5.92 Å². The van der Waals surface area contributed by atoms with Crippen molar-refractivity contribution in [2.45, 2.75) is 57.2 Å². The molecule has 0 aromatic heterocycles. The molecule has 142 valence electrons. The average molecular weight is 361 g/mol. The molecule has 0 radical (unpaired) electrons. The highest BCUT2D eigenvalue weighted by Gasteiger charge is 2.38. The van der Waals surface area contributed by atoms with E-state index in [0.717, 1.165) is 63.7 Å². The van der Waals surface area contributed by atoms with Gasteiger partial charge < -0.3 is 9.47 Å². The summed E-state index contributed by atoms with van der Waals surface area (Å²) in [6.45, 7) is 3.02. The Morgan fingerprint density at radius 1 is 1.12 bits per heavy atom. The summed E-state index contributed by atoms with van der Waals surface area (Å²) >= 11 is 0. The Kier molecular flexibility index (Phi) is 5.44. The van der Waals surface area contributed by atoms with E-state index in [9.17, 15) is 9.18 Å². The van der Waals surface area contributed by atoms with Gasteiger partial charge in [0.15, 0.2) is 0 Å². The maximum Gasteiger partial charge on any atom is 0.509 e. The lowest BCUT2D eigenvalue weighted by atomic mass is 9.82. The standard InChI is InChI=1S/C21H28FNO3/c22-18-8-4-7-17(13-18)20(16-5-2-1-3-6-16)26-21(24)25-19-14-23-11-9-15(19)10-12-23/h4,7-8,13,15-16,19-20H,1-3,5-6,9-12,14H2/t19-,20?/m0/s1. The summed E-state index contributed by atoms with van der Waals surface area (Å²) in [6.07, 6.45) is 6.61. The van der Waals surface area contributed by atoms with Crippen LogP contribution in [-0.4, -0.2) is 36.8 Å². The summed E-state index contributed by atoms with van der Waals surface area (Å²) in [7, 11) is 0. The zero-order valence-electron chi connectivity index (χ0n) is 15.2. The lowest BCUT2D eigenvalue weighted by Crippen LogP contribution is -2.52. The molecule has 3 saturated heterocycles. The number of hydrogen-bond donors (Lipinski definition) is 0. The van der Waals surface area contributed by atoms with Crippen LogP contribution in [0.1, 0.15) is 56.6 Å². The van der Waals surface area contributed by atoms with E-state index in [1.807, 2.05) is 6.07 Å². The van der Waals surface area contributed by atoms with Gasteiger partial charge in [0.1, 0.15) is 18.0 Å². The summed E-state index contributed by atoms with van der Waals surface area (Å²) in [5.41, 5.74) is 0.739. The van der Waals surface area contributed by atoms with Gasteiger partial charge in [-0.2, -0.15) is 0 Å². The number of nitrogens with zero attached hydrogens (tertiary/aromatic N) is 1. The van der Waals surface area contributed by atoms with Gasteiger partial charge in [0.2, 0.25) is 0 Å². The van der Waals surface area contributed by atoms with Crippen LogP contribution >= 0.6 is 0 Å². The minimum atomic E-state index is -0.594. The normalized spacial score (nSPS) is 30.0. The van der Waals surface area contributed by atoms with Gasteiger partial charge >= 0.3 is 6.16 Å². The molecule has 5 heteroatoms. The van der Waals surface area contributed by atoms with Crippen LogP contribution in [0.15, 0.2) is 24.3 Å². The third-order valence-electron chi connectivity index (χ3n) is 6.32. The average Bonchev–Trinajstić information content (AvgIpc) is 2.68. The highest BCUT2D eigenvalue weighted by atomic mass is 19.1. The molecule has 0 spiro atoms. The van der Waals surface area contributed by atoms with Crippen LogP contribution in [0.2, 0.25) is 0 Å². The Morgan fingerprint density at radius 2 is 1.88 bits per heavy atom. The van der Waals surface area contributed by atoms with Gasteiger partial charge in [-0.3, -0.25) is 4.90 Å². The number of piperidine rings is 3. The number of benzene rings is 1. The molecule has 3 aliphatic heterocycles. The van der Waals surface area contributed by atoms with E-state index in [1.165, 1.54) is 18.6 Å². The molecule has 1 aromatic carbocycles. The molecule has 1 unspecified atom stereocenters. The van der Waals surface area contributed by atoms with Crippen LogP contribution in [0.5, 0.6) is 0 Å². The van der Waals surface area contributed by atoms with Gasteiger partial charge in [-0.15, -0.1) is 0 Å². The molecule has 26 heavy (non-hydrogen) atoms. The number of carbonyl (C=O) groups is 1. The van der Waals surface area contributed by atoms with Gasteiger partial charge in [0.25, 0.3) is 0 Å². The predicted octanol–water partition coefficient (Wildman–Crippen LogP) is 4.69. The lowest BCUT2D eigenvalue weighted by molar-refractivity contribution is -0.0758. The minimum absolute atomic E-state index is 0.0653. The van der Waals surface area contributed by atoms with Crippen molar-refractivity contribution in [2.24, 2.45) is 11.8 Å². The molecule has 4 nitrogen and oxygen atoms in total. The molecular weight excluding hydrogens is 333 g/mol. The van der Waals surface area contributed by atoms with Gasteiger partial charge in [-0.1, -0.05) is 31.4 Å². The SMILES string of the molecule is O=C(OC(c1cccc(F)c1)C1CCCCC1)O[C@H]1CN2CCC1CC2. The number of rotatable bonds is 4. The topological polar surface area (TPSA) is 38.8 Å². The van der Waals surface area contributed by atoms with E-state index in [2.05, 4.69) is 4.90 Å². The third-order valence-corrected chi connectivity index (χ3v) is 6.32. The maximum absolute atomic E-state index is 13.7. The van der Waals surface area contributed by atoms with Gasteiger partial charge in [0, 0.05) is 12.5 Å². The van der Waals surface area contributed by atoms with Gasteiger partial charge in [-0.25, -0.2) is 9.18 Å². The summed E-state index contributed by atoms with van der Waals surface area (Å²) < 4.78 is 25.2. The van der Waals surface area contributed by atoms with Crippen LogP contribution in [0.4, 0.5) is 9.18 Å². The molecule has 2 bridgehead atoms. The fourth-order valence-electron chi connectivity index (χ4n) is 4.86. The highest BCUT2D eigenvalue weighted by molar-refractivity contribution is 5.61. The zero-order valence-corrected chi connectivity index (χ0v) is 15.2. The Morgan fingerprint density at radius 3 is 2.54 bits per heavy atom. The third kappa shape index (κ3) is 4.03. The Hall–Kier alpha value is -1.62. The maximum atomic E-state index is 13.7. The second-order valence-electron chi connectivity index (χ2n) is 8.04. The summed E-state index contributed by atoms with van der Waals surface area (Å²) in [4.78, 5) is 14.9. The minimum Gasteiger partial charge on any atom is -0.429 e. The Bertz CT molecular complexity index is 623. The van der Waals surface area contributed by atoms with Crippen molar-refractivity contribution in [1.82, 2.24) is 4.90 Å². The first kappa shape index (κ1) is 17.8. The van der Waals surface area contributed by atoms with Crippen LogP contribution in [0, 0.1) is 17.7 Å². The van der Waals surface area contributed by atoms with Gasteiger partial charge in [-0.05, 0) is 62.4 Å². The van der Waals surface area contributed by atoms with E-state index in [4.69, 9.17) is 9.47 Å². The summed E-state index contributed by atoms with van der Waals surface area (Å²) in [5.74, 6) is 0.400. The molecule has 4 aliphatic rings. The summed E-state index contributed by atoms with van der Waals surface area (Å²) in [5, 5.41) is 0. The predicted molar refractivity (Wildman–Crippen MR) is 96.2 cm³/mol. The van der Waals surface area contributed by atoms with Crippen molar-refractivity contribution in [2.75, 3.05) is 19.6 Å². The van der Waals surface area contributed by atoms with Crippen LogP contribution < -0.4 is 0 Å². The fourth-order valence-corrected chi connectivity index (χ4v) is 4.86. The highest BCUT2D eigenvalue weighted by Crippen LogP contribution is 2.38. The second-order valence-corrected chi connectivity index (χ2v) is 8.04. The molecule has 0 N–H and O–H groups in total. The van der Waals surface area contributed by atoms with Crippen LogP contribution in [0.3, 0.4) is 0 Å². The number of fused-ring (bicyclic) bond motifs is 3. The smallest absolute Gasteiger partial charge is 0.429 e. The van der Waals surface area contributed by atoms with Crippen molar-refractivity contribution in [1.29, 1.82) is 0 Å². The molecule has 1 aliphatic carbocycles. The molecule has 4 fully saturated rings. The van der Waals surface area contributed by atoms with E-state index >= 15 is 0 Å². The van der Waals surface area contributed by atoms with E-state index in [-0.39, 0.29) is 17.8 Å². The first-order chi connectivity index (χ1) is 12.7. The van der Waals surface area contributed by atoms with Crippen molar-refractivity contribution < 1.29 is 18.7 Å². The second kappa shape index (κ2) is 7.95. The number of carbonyl (C=O) groups excluding carboxylic acids is 1. The molecule has 3 heterocycles. The quantitative estimate of drug-likeness (QED) is 0.729. The van der Waals surface area contributed by atoms with E-state index < -0.39 is 12.3 Å². The van der Waals surface area contributed by atoms with Crippen molar-refractivity contribution in [3.05, 3.63) is 35.6 Å². The van der Waals surface area contributed by atoms with Crippen LogP contribution in [-0.2, 0) is 9.47 Å².